The lowest BCUT2D eigenvalue weighted by molar-refractivity contribution is 0.413. The minimum Gasteiger partial charge on any atom is -0.496 e. The van der Waals surface area contributed by atoms with Crippen LogP contribution in [-0.2, 0) is 0 Å². The largest absolute Gasteiger partial charge is 0.496 e. The summed E-state index contributed by atoms with van der Waals surface area (Å²) in [5.41, 5.74) is 3.72. The highest BCUT2D eigenvalue weighted by Crippen LogP contribution is 2.32. The second-order valence-electron chi connectivity index (χ2n) is 6.96. The lowest BCUT2D eigenvalue weighted by atomic mass is 9.89. The highest BCUT2D eigenvalue weighted by atomic mass is 19.1. The number of imidazole rings is 1. The lowest BCUT2D eigenvalue weighted by Crippen LogP contribution is -2.02. The van der Waals surface area contributed by atoms with Gasteiger partial charge in [-0.05, 0) is 54.7 Å². The van der Waals surface area contributed by atoms with Crippen LogP contribution in [0.15, 0.2) is 42.5 Å². The monoisotopic (exact) mass is 350 g/mol. The molecule has 3 aromatic rings. The van der Waals surface area contributed by atoms with Crippen molar-refractivity contribution >= 4 is 17.1 Å². The van der Waals surface area contributed by atoms with E-state index in [9.17, 15) is 4.39 Å². The van der Waals surface area contributed by atoms with Gasteiger partial charge < -0.3 is 9.72 Å². The molecule has 0 amide bonds. The van der Waals surface area contributed by atoms with Crippen molar-refractivity contribution < 1.29 is 9.13 Å². The third-order valence-corrected chi connectivity index (χ3v) is 5.15. The number of aromatic nitrogens is 2. The number of benzene rings is 2. The van der Waals surface area contributed by atoms with Gasteiger partial charge in [0.2, 0.25) is 0 Å². The maximum Gasteiger partial charge on any atom is 0.130 e. The second-order valence-corrected chi connectivity index (χ2v) is 6.96. The van der Waals surface area contributed by atoms with Gasteiger partial charge in [0, 0.05) is 11.6 Å². The fourth-order valence-electron chi connectivity index (χ4n) is 3.73. The second kappa shape index (κ2) is 7.32. The Morgan fingerprint density at radius 1 is 1.12 bits per heavy atom. The van der Waals surface area contributed by atoms with Crippen LogP contribution in [0.5, 0.6) is 5.75 Å². The molecular weight excluding hydrogens is 327 g/mol. The number of H-pyrrole nitrogens is 1. The van der Waals surface area contributed by atoms with E-state index in [0.29, 0.717) is 11.7 Å². The number of ether oxygens (including phenoxy) is 1. The summed E-state index contributed by atoms with van der Waals surface area (Å²) in [6.07, 6.45) is 11.0. The van der Waals surface area contributed by atoms with Gasteiger partial charge in [-0.2, -0.15) is 0 Å². The summed E-state index contributed by atoms with van der Waals surface area (Å²) in [6.45, 7) is 0. The zero-order valence-electron chi connectivity index (χ0n) is 15.0. The van der Waals surface area contributed by atoms with Gasteiger partial charge in [-0.25, -0.2) is 9.37 Å². The Kier molecular flexibility index (Phi) is 4.74. The van der Waals surface area contributed by atoms with E-state index in [0.717, 1.165) is 28.0 Å². The molecule has 1 aliphatic carbocycles. The molecule has 1 saturated carbocycles. The van der Waals surface area contributed by atoms with E-state index in [-0.39, 0.29) is 5.82 Å². The number of halogens is 1. The summed E-state index contributed by atoms with van der Waals surface area (Å²) in [6, 6.07) is 10.6. The van der Waals surface area contributed by atoms with Crippen LogP contribution < -0.4 is 4.74 Å². The molecule has 4 rings (SSSR count). The molecule has 26 heavy (non-hydrogen) atoms. The van der Waals surface area contributed by atoms with Crippen molar-refractivity contribution in [3.63, 3.8) is 0 Å². The molecule has 0 aliphatic heterocycles. The van der Waals surface area contributed by atoms with Crippen molar-refractivity contribution in [2.75, 3.05) is 7.11 Å². The zero-order chi connectivity index (χ0) is 17.9. The Balaban J connectivity index is 1.62. The van der Waals surface area contributed by atoms with Crippen LogP contribution in [0.25, 0.3) is 28.2 Å². The predicted octanol–water partition coefficient (Wildman–Crippen LogP) is 5.97. The third-order valence-electron chi connectivity index (χ3n) is 5.15. The highest BCUT2D eigenvalue weighted by molar-refractivity contribution is 5.84. The Hall–Kier alpha value is -2.62. The predicted molar refractivity (Wildman–Crippen MR) is 104 cm³/mol. The van der Waals surface area contributed by atoms with Crippen molar-refractivity contribution in [2.45, 2.75) is 32.1 Å². The maximum absolute atomic E-state index is 13.4. The average Bonchev–Trinajstić information content (AvgIpc) is 3.09. The van der Waals surface area contributed by atoms with Crippen LogP contribution >= 0.6 is 0 Å². The Morgan fingerprint density at radius 2 is 1.96 bits per heavy atom. The molecule has 0 bridgehead atoms. The van der Waals surface area contributed by atoms with Gasteiger partial charge in [0.15, 0.2) is 0 Å². The van der Waals surface area contributed by atoms with Crippen LogP contribution in [0.4, 0.5) is 4.39 Å². The number of rotatable bonds is 4. The first-order valence-corrected chi connectivity index (χ1v) is 9.25. The number of hydrogen-bond donors (Lipinski definition) is 1. The molecule has 134 valence electrons. The average molecular weight is 350 g/mol. The first kappa shape index (κ1) is 16.8. The lowest BCUT2D eigenvalue weighted by Gasteiger charge is -2.17. The normalized spacial score (nSPS) is 15.8. The van der Waals surface area contributed by atoms with Crippen LogP contribution in [0.2, 0.25) is 0 Å². The van der Waals surface area contributed by atoms with Gasteiger partial charge in [-0.15, -0.1) is 0 Å². The van der Waals surface area contributed by atoms with Crippen molar-refractivity contribution in [3.05, 3.63) is 54.1 Å². The topological polar surface area (TPSA) is 37.9 Å². The van der Waals surface area contributed by atoms with E-state index in [2.05, 4.69) is 17.1 Å². The van der Waals surface area contributed by atoms with E-state index in [4.69, 9.17) is 9.72 Å². The molecule has 4 heteroatoms. The first-order chi connectivity index (χ1) is 12.7. The van der Waals surface area contributed by atoms with E-state index >= 15 is 0 Å². The summed E-state index contributed by atoms with van der Waals surface area (Å²) in [7, 11) is 1.56. The molecule has 0 unspecified atom stereocenters. The number of nitrogens with one attached hydrogen (secondary N) is 1. The quantitative estimate of drug-likeness (QED) is 0.629. The highest BCUT2D eigenvalue weighted by Gasteiger charge is 2.11. The Morgan fingerprint density at radius 3 is 2.77 bits per heavy atom. The fourth-order valence-corrected chi connectivity index (χ4v) is 3.73. The molecule has 1 N–H and O–H groups in total. The molecule has 1 fully saturated rings. The minimum absolute atomic E-state index is 0.304. The van der Waals surface area contributed by atoms with Crippen molar-refractivity contribution in [3.8, 4) is 16.9 Å². The summed E-state index contributed by atoms with van der Waals surface area (Å²) < 4.78 is 18.8. The first-order valence-electron chi connectivity index (χ1n) is 9.25. The van der Waals surface area contributed by atoms with Gasteiger partial charge >= 0.3 is 0 Å². The van der Waals surface area contributed by atoms with Gasteiger partial charge in [-0.1, -0.05) is 31.4 Å². The number of fused-ring (bicyclic) bond motifs is 1. The number of nitrogens with zero attached hydrogens (tertiary/aromatic N) is 1. The molecule has 1 aromatic heterocycles. The molecule has 1 aliphatic rings. The molecular formula is C22H23FN2O. The molecule has 1 heterocycles. The number of aromatic amines is 1. The molecule has 0 atom stereocenters. The van der Waals surface area contributed by atoms with Gasteiger partial charge in [-0.3, -0.25) is 0 Å². The smallest absolute Gasteiger partial charge is 0.130 e. The zero-order valence-corrected chi connectivity index (χ0v) is 15.0. The minimum atomic E-state index is -0.304. The molecule has 0 spiro atoms. The van der Waals surface area contributed by atoms with Crippen LogP contribution in [-0.4, -0.2) is 17.1 Å². The SMILES string of the molecule is COc1cc(F)ccc1-c1ccc2[nH]c(/C=C/C3CCCCC3)nc2c1. The van der Waals surface area contributed by atoms with Crippen LogP contribution in [0.3, 0.4) is 0 Å². The van der Waals surface area contributed by atoms with Crippen LogP contribution in [0.1, 0.15) is 37.9 Å². The van der Waals surface area contributed by atoms with Crippen molar-refractivity contribution in [1.29, 1.82) is 0 Å². The molecule has 0 saturated heterocycles. The number of methoxy groups -OCH3 is 1. The van der Waals surface area contributed by atoms with Gasteiger partial charge in [0.1, 0.15) is 17.4 Å². The van der Waals surface area contributed by atoms with Gasteiger partial charge in [0.05, 0.1) is 18.1 Å². The molecule has 3 nitrogen and oxygen atoms in total. The van der Waals surface area contributed by atoms with Crippen molar-refractivity contribution in [1.82, 2.24) is 9.97 Å². The maximum atomic E-state index is 13.4. The van der Waals surface area contributed by atoms with Gasteiger partial charge in [0.25, 0.3) is 0 Å². The van der Waals surface area contributed by atoms with Crippen LogP contribution in [0, 0.1) is 11.7 Å². The molecule has 0 radical (unpaired) electrons. The van der Waals surface area contributed by atoms with E-state index in [1.54, 1.807) is 13.2 Å². The Labute approximate surface area is 152 Å². The number of allylic oxidation sites excluding steroid dienone is 1. The standard InChI is InChI=1S/C22H23FN2O/c1-26-21-14-17(23)9-10-18(21)16-8-11-19-20(13-16)25-22(24-19)12-7-15-5-3-2-4-6-15/h7-15H,2-6H2,1H3,(H,24,25)/b12-7+. The van der Waals surface area contributed by atoms with E-state index in [1.165, 1.54) is 44.2 Å². The summed E-state index contributed by atoms with van der Waals surface area (Å²) in [5.74, 6) is 1.78. The van der Waals surface area contributed by atoms with Crippen molar-refractivity contribution in [2.24, 2.45) is 5.92 Å². The fraction of sp³-hybridized carbons (Fsp3) is 0.318. The summed E-state index contributed by atoms with van der Waals surface area (Å²) in [5, 5.41) is 0. The number of hydrogen-bond acceptors (Lipinski definition) is 2. The third kappa shape index (κ3) is 3.50. The van der Waals surface area contributed by atoms with E-state index < -0.39 is 0 Å². The van der Waals surface area contributed by atoms with E-state index in [1.807, 2.05) is 18.2 Å². The Bertz CT molecular complexity index is 938. The molecule has 2 aromatic carbocycles. The summed E-state index contributed by atoms with van der Waals surface area (Å²) >= 11 is 0. The summed E-state index contributed by atoms with van der Waals surface area (Å²) in [4.78, 5) is 8.06.